The third kappa shape index (κ3) is 9.18. The summed E-state index contributed by atoms with van der Waals surface area (Å²) in [6, 6.07) is 8.33. The van der Waals surface area contributed by atoms with Gasteiger partial charge in [0, 0.05) is 6.20 Å². The molecule has 1 heterocycles. The number of hydrogen-bond donors (Lipinski definition) is 3. The molecule has 0 fully saturated rings. The molecule has 0 saturated heterocycles. The van der Waals surface area contributed by atoms with Gasteiger partial charge in [-0.05, 0) is 35.7 Å². The summed E-state index contributed by atoms with van der Waals surface area (Å²) >= 11 is 0. The Kier molecular flexibility index (Phi) is 11.1. The van der Waals surface area contributed by atoms with E-state index in [1.807, 2.05) is 0 Å². The number of alkyl halides is 3. The first-order chi connectivity index (χ1) is 19.2. The number of pyridine rings is 1. The molecule has 4 N–H and O–H groups in total. The summed E-state index contributed by atoms with van der Waals surface area (Å²) in [4.78, 5) is 50.5. The van der Waals surface area contributed by atoms with Crippen LogP contribution in [-0.2, 0) is 27.1 Å². The van der Waals surface area contributed by atoms with Crippen molar-refractivity contribution in [3.05, 3.63) is 64.1 Å². The summed E-state index contributed by atoms with van der Waals surface area (Å²) in [5, 5.41) is 4.05. The average Bonchev–Trinajstić information content (AvgIpc) is 2.86. The molecule has 0 aliphatic carbocycles. The van der Waals surface area contributed by atoms with Crippen LogP contribution in [0.3, 0.4) is 0 Å². The maximum atomic E-state index is 14.3. The number of amides is 3. The van der Waals surface area contributed by atoms with Crippen molar-refractivity contribution >= 4 is 31.9 Å². The second-order valence-electron chi connectivity index (χ2n) is 11.8. The number of hydrogen-bond acceptors (Lipinski definition) is 6. The number of carbonyl (C=O) groups is 3. The zero-order valence-electron chi connectivity index (χ0n) is 24.8. The number of benzene rings is 1. The van der Waals surface area contributed by atoms with E-state index >= 15 is 0 Å². The number of ether oxygens (including phenoxy) is 1. The third-order valence-electron chi connectivity index (χ3n) is 7.11. The summed E-state index contributed by atoms with van der Waals surface area (Å²) in [5.41, 5.74) is 4.16. The Morgan fingerprint density at radius 3 is 2.14 bits per heavy atom. The van der Waals surface area contributed by atoms with Crippen LogP contribution in [0.1, 0.15) is 50.5 Å². The first-order valence-corrected chi connectivity index (χ1v) is 16.2. The van der Waals surface area contributed by atoms with E-state index in [-0.39, 0.29) is 12.2 Å². The molecule has 2 unspecified atom stereocenters. The van der Waals surface area contributed by atoms with Gasteiger partial charge in [0.15, 0.2) is 14.4 Å². The Morgan fingerprint density at radius 2 is 1.64 bits per heavy atom. The summed E-state index contributed by atoms with van der Waals surface area (Å²) in [6.45, 7) is 11.0. The molecule has 232 valence electrons. The molecule has 1 aromatic heterocycles. The minimum absolute atomic E-state index is 0.129. The first-order valence-electron chi connectivity index (χ1n) is 13.3. The van der Waals surface area contributed by atoms with Crippen LogP contribution in [0.5, 0.6) is 0 Å². The van der Waals surface area contributed by atoms with Gasteiger partial charge in [0.25, 0.3) is 11.5 Å². The second kappa shape index (κ2) is 13.5. The Balaban J connectivity index is 2.30. The van der Waals surface area contributed by atoms with Gasteiger partial charge >= 0.3 is 12.3 Å². The summed E-state index contributed by atoms with van der Waals surface area (Å²) in [5.74, 6) is -2.62. The van der Waals surface area contributed by atoms with Gasteiger partial charge in [0.05, 0.1) is 11.6 Å². The highest BCUT2D eigenvalue weighted by molar-refractivity contribution is 6.74. The van der Waals surface area contributed by atoms with E-state index < -0.39 is 73.3 Å². The van der Waals surface area contributed by atoms with Crippen LogP contribution in [0.15, 0.2) is 47.4 Å². The quantitative estimate of drug-likeness (QED) is 0.312. The highest BCUT2D eigenvalue weighted by atomic mass is 28.4. The molecule has 0 aliphatic heterocycles. The van der Waals surface area contributed by atoms with Gasteiger partial charge in [-0.2, -0.15) is 13.2 Å². The van der Waals surface area contributed by atoms with Crippen LogP contribution >= 0.6 is 0 Å². The van der Waals surface area contributed by atoms with Crippen LogP contribution < -0.4 is 21.9 Å². The lowest BCUT2D eigenvalue weighted by molar-refractivity contribution is -0.210. The minimum atomic E-state index is -4.78. The highest BCUT2D eigenvalue weighted by Crippen LogP contribution is 2.41. The number of primary amides is 1. The lowest BCUT2D eigenvalue weighted by Crippen LogP contribution is -2.59. The largest absolute Gasteiger partial charge is 0.444 e. The number of nitrogens with zero attached hydrogens (tertiary/aromatic N) is 1. The molecule has 10 nitrogen and oxygen atoms in total. The number of carbonyl (C=O) groups excluding carboxylic acids is 3. The average molecular weight is 613 g/mol. The number of anilines is 1. The second-order valence-corrected chi connectivity index (χ2v) is 16.5. The van der Waals surface area contributed by atoms with Gasteiger partial charge in [-0.3, -0.25) is 19.7 Å². The van der Waals surface area contributed by atoms with Crippen molar-refractivity contribution in [3.63, 3.8) is 0 Å². The van der Waals surface area contributed by atoms with Crippen molar-refractivity contribution in [1.82, 2.24) is 9.88 Å². The van der Waals surface area contributed by atoms with E-state index in [9.17, 15) is 32.3 Å². The zero-order valence-corrected chi connectivity index (χ0v) is 25.8. The molecular formula is C28H39F3N4O6Si. The van der Waals surface area contributed by atoms with Crippen molar-refractivity contribution < 1.29 is 36.7 Å². The molecular weight excluding hydrogens is 573 g/mol. The number of aromatic nitrogens is 1. The maximum Gasteiger partial charge on any atom is 0.415 e. The number of rotatable bonds is 11. The van der Waals surface area contributed by atoms with E-state index in [2.05, 4.69) is 10.6 Å². The van der Waals surface area contributed by atoms with E-state index in [1.165, 1.54) is 13.8 Å². The monoisotopic (exact) mass is 612 g/mol. The molecule has 0 saturated carbocycles. The lowest BCUT2D eigenvalue weighted by atomic mass is 9.98. The van der Waals surface area contributed by atoms with Gasteiger partial charge in [-0.25, -0.2) is 4.79 Å². The van der Waals surface area contributed by atoms with E-state index in [1.54, 1.807) is 64.2 Å². The van der Waals surface area contributed by atoms with Crippen LogP contribution in [0, 0.1) is 5.92 Å². The molecule has 0 aliphatic rings. The Morgan fingerprint density at radius 1 is 1.05 bits per heavy atom. The fraction of sp³-hybridized carbons (Fsp3) is 0.500. The Hall–Kier alpha value is -3.65. The van der Waals surface area contributed by atoms with Gasteiger partial charge in [-0.15, -0.1) is 0 Å². The zero-order chi connectivity index (χ0) is 32.0. The number of nitrogens with one attached hydrogen (secondary N) is 2. The number of nitrogens with two attached hydrogens (primary N) is 1. The molecule has 2 atom stereocenters. The molecule has 2 rings (SSSR count). The predicted octanol–water partition coefficient (Wildman–Crippen LogP) is 4.79. The third-order valence-corrected chi connectivity index (χ3v) is 11.6. The van der Waals surface area contributed by atoms with E-state index in [0.29, 0.717) is 5.56 Å². The lowest BCUT2D eigenvalue weighted by Gasteiger charge is -2.42. The molecule has 2 aromatic rings. The normalized spacial score (nSPS) is 13.8. The van der Waals surface area contributed by atoms with E-state index in [4.69, 9.17) is 14.9 Å². The topological polar surface area (TPSA) is 142 Å². The van der Waals surface area contributed by atoms with Crippen LogP contribution in [0.2, 0.25) is 18.1 Å². The Bertz CT molecular complexity index is 1320. The van der Waals surface area contributed by atoms with Gasteiger partial charge in [0.2, 0.25) is 5.91 Å². The molecule has 0 bridgehead atoms. The van der Waals surface area contributed by atoms with E-state index in [0.717, 1.165) is 16.8 Å². The first kappa shape index (κ1) is 34.5. The van der Waals surface area contributed by atoms with Crippen molar-refractivity contribution in [2.45, 2.75) is 84.2 Å². The minimum Gasteiger partial charge on any atom is -0.444 e. The molecule has 0 spiro atoms. The molecule has 3 amide bonds. The van der Waals surface area contributed by atoms with Gasteiger partial charge in [-0.1, -0.05) is 65.0 Å². The maximum absolute atomic E-state index is 14.3. The van der Waals surface area contributed by atoms with Gasteiger partial charge in [0.1, 0.15) is 18.8 Å². The summed E-state index contributed by atoms with van der Waals surface area (Å²) in [7, 11) is -2.91. The van der Waals surface area contributed by atoms with Crippen molar-refractivity contribution in [1.29, 1.82) is 0 Å². The van der Waals surface area contributed by atoms with Crippen LogP contribution in [0.25, 0.3) is 0 Å². The van der Waals surface area contributed by atoms with Crippen LogP contribution in [0.4, 0.5) is 23.7 Å². The summed E-state index contributed by atoms with van der Waals surface area (Å²) < 4.78 is 54.4. The highest BCUT2D eigenvalue weighted by Gasteiger charge is 2.52. The summed E-state index contributed by atoms with van der Waals surface area (Å²) in [6.07, 6.45) is -7.04. The molecule has 1 aromatic carbocycles. The van der Waals surface area contributed by atoms with Crippen molar-refractivity contribution in [2.24, 2.45) is 11.7 Å². The fourth-order valence-electron chi connectivity index (χ4n) is 3.70. The molecule has 0 radical (unpaired) electrons. The van der Waals surface area contributed by atoms with Crippen LogP contribution in [-0.4, -0.2) is 49.1 Å². The Labute approximate surface area is 243 Å². The van der Waals surface area contributed by atoms with Crippen molar-refractivity contribution in [3.8, 4) is 0 Å². The predicted molar refractivity (Wildman–Crippen MR) is 154 cm³/mol. The SMILES string of the molecule is CC(C)C(NC(=O)Cn1ccc(C(N)=O)c(NC(=O)OCc2ccccc2)c1=O)C(O[Si](C)(C)C(C)(C)C)C(F)(F)F. The fourth-order valence-corrected chi connectivity index (χ4v) is 4.97. The van der Waals surface area contributed by atoms with Crippen molar-refractivity contribution in [2.75, 3.05) is 5.32 Å². The standard InChI is InChI=1S/C28H39F3N4O6Si/c1-17(2)21(23(28(29,30)31)41-42(6,7)27(3,4)5)33-20(36)15-35-14-13-19(24(32)37)22(25(35)38)34-26(39)40-16-18-11-9-8-10-12-18/h8-14,17,21,23H,15-16H2,1-7H3,(H2,32,37)(H,33,36)(H,34,39). The van der Waals surface area contributed by atoms with Gasteiger partial charge < -0.3 is 24.8 Å². The number of halogens is 3. The molecule has 14 heteroatoms. The molecule has 42 heavy (non-hydrogen) atoms. The smallest absolute Gasteiger partial charge is 0.415 e.